The van der Waals surface area contributed by atoms with Crippen molar-refractivity contribution in [2.45, 2.75) is 18.9 Å². The Balaban J connectivity index is 1.88. The Morgan fingerprint density at radius 1 is 1.21 bits per heavy atom. The molecule has 0 unspecified atom stereocenters. The lowest BCUT2D eigenvalue weighted by Crippen LogP contribution is -2.44. The molecule has 0 aliphatic carbocycles. The first-order valence-electron chi connectivity index (χ1n) is 6.20. The molecule has 2 rings (SSSR count). The number of nitrogens with two attached hydrogens (primary N) is 1. The first-order chi connectivity index (χ1) is 9.06. The fraction of sp³-hybridized carbons (Fsp3) is 0.385. The summed E-state index contributed by atoms with van der Waals surface area (Å²) in [5.74, 6) is -0.929. The van der Waals surface area contributed by atoms with Crippen LogP contribution in [0.2, 0.25) is 0 Å². The van der Waals surface area contributed by atoms with Crippen LogP contribution in [0.25, 0.3) is 0 Å². The van der Waals surface area contributed by atoms with E-state index in [2.05, 4.69) is 5.32 Å². The zero-order valence-corrected chi connectivity index (χ0v) is 10.5. The van der Waals surface area contributed by atoms with E-state index in [0.29, 0.717) is 13.1 Å². The Labute approximate surface area is 111 Å². The minimum atomic E-state index is -0.929. The summed E-state index contributed by atoms with van der Waals surface area (Å²) in [6.45, 7) is 1.31. The van der Waals surface area contributed by atoms with Crippen LogP contribution < -0.4 is 11.1 Å². The van der Waals surface area contributed by atoms with E-state index in [1.165, 1.54) is 0 Å². The number of hydrogen-bond acceptors (Lipinski definition) is 3. The normalized spacial score (nSPS) is 16.1. The van der Waals surface area contributed by atoms with Crippen LogP contribution in [0, 0.1) is 0 Å². The first-order valence-corrected chi connectivity index (χ1v) is 6.20. The molecule has 1 aromatic carbocycles. The molecule has 6 nitrogen and oxygen atoms in total. The van der Waals surface area contributed by atoms with Crippen molar-refractivity contribution in [1.82, 2.24) is 4.90 Å². The Morgan fingerprint density at radius 2 is 1.79 bits per heavy atom. The van der Waals surface area contributed by atoms with Crippen LogP contribution in [-0.4, -0.2) is 41.1 Å². The average molecular weight is 263 g/mol. The molecular formula is C13H17N3O3. The predicted molar refractivity (Wildman–Crippen MR) is 71.2 cm³/mol. The van der Waals surface area contributed by atoms with Crippen molar-refractivity contribution in [3.63, 3.8) is 0 Å². The highest BCUT2D eigenvalue weighted by Gasteiger charge is 2.20. The third-order valence-corrected chi connectivity index (χ3v) is 3.31. The van der Waals surface area contributed by atoms with E-state index in [9.17, 15) is 9.59 Å². The van der Waals surface area contributed by atoms with Crippen LogP contribution in [0.4, 0.5) is 10.5 Å². The summed E-state index contributed by atoms with van der Waals surface area (Å²) in [5.41, 5.74) is 6.38. The lowest BCUT2D eigenvalue weighted by molar-refractivity contribution is 0.0697. The Kier molecular flexibility index (Phi) is 3.89. The number of primary amides is 1. The summed E-state index contributed by atoms with van der Waals surface area (Å²) < 4.78 is 0. The number of amides is 2. The summed E-state index contributed by atoms with van der Waals surface area (Å²) in [5, 5.41) is 12.1. The number of anilines is 1. The number of carbonyl (C=O) groups excluding carboxylic acids is 1. The molecule has 0 bridgehead atoms. The molecule has 102 valence electrons. The molecule has 0 aromatic heterocycles. The zero-order valence-electron chi connectivity index (χ0n) is 10.5. The molecule has 2 amide bonds. The highest BCUT2D eigenvalue weighted by Crippen LogP contribution is 2.17. The molecule has 1 fully saturated rings. The van der Waals surface area contributed by atoms with Crippen LogP contribution in [0.3, 0.4) is 0 Å². The van der Waals surface area contributed by atoms with Gasteiger partial charge in [0.15, 0.2) is 0 Å². The number of aromatic carboxylic acids is 1. The highest BCUT2D eigenvalue weighted by molar-refractivity contribution is 5.88. The fourth-order valence-corrected chi connectivity index (χ4v) is 2.19. The SMILES string of the molecule is NC(=O)N1CCC(Nc2ccc(C(=O)O)cc2)CC1. The maximum Gasteiger partial charge on any atom is 0.335 e. The van der Waals surface area contributed by atoms with E-state index >= 15 is 0 Å². The minimum absolute atomic E-state index is 0.272. The van der Waals surface area contributed by atoms with Gasteiger partial charge in [-0.05, 0) is 37.1 Å². The smallest absolute Gasteiger partial charge is 0.335 e. The van der Waals surface area contributed by atoms with E-state index < -0.39 is 5.97 Å². The molecule has 1 heterocycles. The zero-order chi connectivity index (χ0) is 13.8. The second kappa shape index (κ2) is 5.60. The van der Waals surface area contributed by atoms with E-state index in [4.69, 9.17) is 10.8 Å². The molecule has 0 radical (unpaired) electrons. The molecule has 6 heteroatoms. The van der Waals surface area contributed by atoms with Gasteiger partial charge >= 0.3 is 12.0 Å². The summed E-state index contributed by atoms with van der Waals surface area (Å²) in [4.78, 5) is 23.4. The standard InChI is InChI=1S/C13H17N3O3/c14-13(19)16-7-5-11(6-8-16)15-10-3-1-9(2-4-10)12(17)18/h1-4,11,15H,5-8H2,(H2,14,19)(H,17,18). The number of rotatable bonds is 3. The van der Waals surface area contributed by atoms with E-state index in [1.807, 2.05) is 0 Å². The highest BCUT2D eigenvalue weighted by atomic mass is 16.4. The number of nitrogens with zero attached hydrogens (tertiary/aromatic N) is 1. The summed E-state index contributed by atoms with van der Waals surface area (Å²) >= 11 is 0. The molecule has 0 atom stereocenters. The molecule has 1 aromatic rings. The number of likely N-dealkylation sites (tertiary alicyclic amines) is 1. The molecular weight excluding hydrogens is 246 g/mol. The molecule has 1 aliphatic heterocycles. The van der Waals surface area contributed by atoms with Gasteiger partial charge in [-0.2, -0.15) is 0 Å². The van der Waals surface area contributed by atoms with Gasteiger partial charge in [0.05, 0.1) is 5.56 Å². The van der Waals surface area contributed by atoms with Gasteiger partial charge in [-0.25, -0.2) is 9.59 Å². The fourth-order valence-electron chi connectivity index (χ4n) is 2.19. The molecule has 4 N–H and O–H groups in total. The maximum atomic E-state index is 11.0. The number of carbonyl (C=O) groups is 2. The number of carboxylic acid groups (broad SMARTS) is 1. The van der Waals surface area contributed by atoms with Crippen molar-refractivity contribution in [3.8, 4) is 0 Å². The Morgan fingerprint density at radius 3 is 2.26 bits per heavy atom. The van der Waals surface area contributed by atoms with Crippen molar-refractivity contribution < 1.29 is 14.7 Å². The summed E-state index contributed by atoms with van der Waals surface area (Å²) in [6, 6.07) is 6.57. The van der Waals surface area contributed by atoms with Gasteiger partial charge in [-0.3, -0.25) is 0 Å². The van der Waals surface area contributed by atoms with Crippen molar-refractivity contribution in [2.75, 3.05) is 18.4 Å². The van der Waals surface area contributed by atoms with E-state index in [1.54, 1.807) is 29.2 Å². The van der Waals surface area contributed by atoms with Gasteiger partial charge < -0.3 is 21.1 Å². The average Bonchev–Trinajstić information content (AvgIpc) is 2.40. The Bertz CT molecular complexity index is 465. The van der Waals surface area contributed by atoms with Gasteiger partial charge in [0.1, 0.15) is 0 Å². The van der Waals surface area contributed by atoms with Gasteiger partial charge in [-0.15, -0.1) is 0 Å². The number of hydrogen-bond donors (Lipinski definition) is 3. The number of carboxylic acids is 1. The predicted octanol–water partition coefficient (Wildman–Crippen LogP) is 1.34. The molecule has 0 saturated carbocycles. The van der Waals surface area contributed by atoms with Gasteiger partial charge in [0.2, 0.25) is 0 Å². The number of benzene rings is 1. The largest absolute Gasteiger partial charge is 0.478 e. The molecule has 1 aliphatic rings. The van der Waals surface area contributed by atoms with E-state index in [-0.39, 0.29) is 17.6 Å². The van der Waals surface area contributed by atoms with Crippen molar-refractivity contribution >= 4 is 17.7 Å². The third-order valence-electron chi connectivity index (χ3n) is 3.31. The quantitative estimate of drug-likeness (QED) is 0.766. The second-order valence-corrected chi connectivity index (χ2v) is 4.63. The lowest BCUT2D eigenvalue weighted by atomic mass is 10.0. The van der Waals surface area contributed by atoms with Crippen LogP contribution in [0.5, 0.6) is 0 Å². The maximum absolute atomic E-state index is 11.0. The molecule has 0 spiro atoms. The van der Waals surface area contributed by atoms with Crippen LogP contribution in [0.15, 0.2) is 24.3 Å². The van der Waals surface area contributed by atoms with Crippen LogP contribution >= 0.6 is 0 Å². The summed E-state index contributed by atoms with van der Waals surface area (Å²) in [7, 11) is 0. The van der Waals surface area contributed by atoms with Crippen LogP contribution in [0.1, 0.15) is 23.2 Å². The summed E-state index contributed by atoms with van der Waals surface area (Å²) in [6.07, 6.45) is 1.67. The molecule has 19 heavy (non-hydrogen) atoms. The van der Waals surface area contributed by atoms with Crippen LogP contribution in [-0.2, 0) is 0 Å². The van der Waals surface area contributed by atoms with Gasteiger partial charge in [0.25, 0.3) is 0 Å². The lowest BCUT2D eigenvalue weighted by Gasteiger charge is -2.31. The minimum Gasteiger partial charge on any atom is -0.478 e. The number of nitrogens with one attached hydrogen (secondary N) is 1. The third kappa shape index (κ3) is 3.37. The van der Waals surface area contributed by atoms with Crippen molar-refractivity contribution in [3.05, 3.63) is 29.8 Å². The monoisotopic (exact) mass is 263 g/mol. The topological polar surface area (TPSA) is 95.7 Å². The Hall–Kier alpha value is -2.24. The number of piperidine rings is 1. The first kappa shape index (κ1) is 13.2. The second-order valence-electron chi connectivity index (χ2n) is 4.63. The van der Waals surface area contributed by atoms with Gasteiger partial charge in [0, 0.05) is 24.8 Å². The van der Waals surface area contributed by atoms with E-state index in [0.717, 1.165) is 18.5 Å². The molecule has 1 saturated heterocycles. The van der Waals surface area contributed by atoms with Crippen molar-refractivity contribution in [2.24, 2.45) is 5.73 Å². The number of urea groups is 1. The van der Waals surface area contributed by atoms with Crippen molar-refractivity contribution in [1.29, 1.82) is 0 Å². The van der Waals surface area contributed by atoms with Gasteiger partial charge in [-0.1, -0.05) is 0 Å².